The van der Waals surface area contributed by atoms with E-state index in [1.807, 2.05) is 60.2 Å². The molecule has 41 heavy (non-hydrogen) atoms. The summed E-state index contributed by atoms with van der Waals surface area (Å²) in [5, 5.41) is 11.5. The predicted molar refractivity (Wildman–Crippen MR) is 159 cm³/mol. The third-order valence-electron chi connectivity index (χ3n) is 7.53. The second kappa shape index (κ2) is 9.61. The van der Waals surface area contributed by atoms with Crippen LogP contribution in [0.15, 0.2) is 61.1 Å². The molecule has 0 saturated heterocycles. The zero-order chi connectivity index (χ0) is 28.2. The highest BCUT2D eigenvalue weighted by Crippen LogP contribution is 2.35. The molecule has 0 spiro atoms. The Kier molecular flexibility index (Phi) is 5.87. The summed E-state index contributed by atoms with van der Waals surface area (Å²) in [5.74, 6) is 6.63. The van der Waals surface area contributed by atoms with Crippen molar-refractivity contribution in [3.05, 3.63) is 88.5 Å². The van der Waals surface area contributed by atoms with Gasteiger partial charge in [-0.25, -0.2) is 4.98 Å². The van der Waals surface area contributed by atoms with Crippen LogP contribution in [0.3, 0.4) is 0 Å². The van der Waals surface area contributed by atoms with Gasteiger partial charge in [0.15, 0.2) is 0 Å². The first kappa shape index (κ1) is 25.1. The summed E-state index contributed by atoms with van der Waals surface area (Å²) in [7, 11) is 3.76. The minimum absolute atomic E-state index is 0.136. The van der Waals surface area contributed by atoms with Crippen LogP contribution in [-0.2, 0) is 20.6 Å². The fourth-order valence-electron chi connectivity index (χ4n) is 5.20. The van der Waals surface area contributed by atoms with Crippen LogP contribution >= 0.6 is 11.6 Å². The van der Waals surface area contributed by atoms with Crippen molar-refractivity contribution in [3.8, 4) is 11.8 Å². The molecule has 2 N–H and O–H groups in total. The molecular formula is C31H25ClN8O. The largest absolute Gasteiger partial charge is 0.383 e. The number of carbonyl (C=O) groups is 1. The van der Waals surface area contributed by atoms with Gasteiger partial charge in [0.25, 0.3) is 5.91 Å². The molecule has 2 aromatic carbocycles. The number of hydrogen-bond acceptors (Lipinski definition) is 6. The first-order chi connectivity index (χ1) is 19.9. The highest BCUT2D eigenvalue weighted by Gasteiger charge is 2.34. The van der Waals surface area contributed by atoms with Crippen molar-refractivity contribution >= 4 is 56.0 Å². The Hall–Kier alpha value is -4.94. The smallest absolute Gasteiger partial charge is 0.255 e. The van der Waals surface area contributed by atoms with Crippen LogP contribution in [0.25, 0.3) is 32.7 Å². The quantitative estimate of drug-likeness (QED) is 0.309. The Balaban J connectivity index is 1.15. The average molecular weight is 561 g/mol. The number of nitrogens with two attached hydrogens (primary N) is 1. The zero-order valence-electron chi connectivity index (χ0n) is 22.5. The third kappa shape index (κ3) is 4.52. The molecule has 0 aliphatic heterocycles. The predicted octanol–water partition coefficient (Wildman–Crippen LogP) is 4.84. The van der Waals surface area contributed by atoms with Crippen molar-refractivity contribution in [2.75, 3.05) is 5.73 Å². The van der Waals surface area contributed by atoms with Crippen molar-refractivity contribution in [1.29, 1.82) is 0 Å². The van der Waals surface area contributed by atoms with E-state index in [4.69, 9.17) is 17.3 Å². The van der Waals surface area contributed by atoms with Crippen molar-refractivity contribution in [1.82, 2.24) is 34.4 Å². The maximum atomic E-state index is 13.9. The molecule has 4 aromatic heterocycles. The van der Waals surface area contributed by atoms with Gasteiger partial charge in [-0.1, -0.05) is 23.4 Å². The van der Waals surface area contributed by atoms with Crippen LogP contribution in [0.4, 0.5) is 5.82 Å². The fraction of sp³-hybridized carbons (Fsp3) is 0.194. The first-order valence-corrected chi connectivity index (χ1v) is 13.6. The second-order valence-electron chi connectivity index (χ2n) is 10.4. The molecule has 1 fully saturated rings. The summed E-state index contributed by atoms with van der Waals surface area (Å²) in [4.78, 5) is 24.8. The number of benzene rings is 2. The van der Waals surface area contributed by atoms with E-state index in [0.717, 1.165) is 56.9 Å². The number of nitrogens with zero attached hydrogens (tertiary/aromatic N) is 7. The number of aromatic nitrogens is 6. The lowest BCUT2D eigenvalue weighted by Crippen LogP contribution is -2.33. The second-order valence-corrected chi connectivity index (χ2v) is 10.8. The van der Waals surface area contributed by atoms with Crippen LogP contribution in [0.5, 0.6) is 0 Å². The molecule has 0 radical (unpaired) electrons. The van der Waals surface area contributed by atoms with Crippen molar-refractivity contribution in [2.24, 2.45) is 14.1 Å². The Bertz CT molecular complexity index is 2060. The number of nitrogen functional groups attached to an aromatic ring is 1. The summed E-state index contributed by atoms with van der Waals surface area (Å²) < 4.78 is 3.58. The maximum absolute atomic E-state index is 13.9. The molecule has 1 saturated carbocycles. The molecule has 0 atom stereocenters. The van der Waals surface area contributed by atoms with Gasteiger partial charge in [-0.3, -0.25) is 19.1 Å². The van der Waals surface area contributed by atoms with E-state index in [0.29, 0.717) is 28.5 Å². The Morgan fingerprint density at radius 1 is 1.00 bits per heavy atom. The molecule has 1 aliphatic carbocycles. The Morgan fingerprint density at radius 3 is 2.56 bits per heavy atom. The first-order valence-electron chi connectivity index (χ1n) is 13.3. The third-order valence-corrected chi connectivity index (χ3v) is 7.84. The highest BCUT2D eigenvalue weighted by molar-refractivity contribution is 6.35. The van der Waals surface area contributed by atoms with Gasteiger partial charge in [-0.15, -0.1) is 0 Å². The van der Waals surface area contributed by atoms with Gasteiger partial charge in [-0.05, 0) is 55.3 Å². The minimum atomic E-state index is -0.136. The van der Waals surface area contributed by atoms with E-state index in [9.17, 15) is 4.79 Å². The summed E-state index contributed by atoms with van der Waals surface area (Å²) in [6.07, 6.45) is 7.17. The number of rotatable bonds is 4. The number of pyridine rings is 2. The van der Waals surface area contributed by atoms with Gasteiger partial charge in [0, 0.05) is 48.2 Å². The van der Waals surface area contributed by atoms with E-state index in [1.54, 1.807) is 29.2 Å². The molecule has 0 unspecified atom stereocenters. The lowest BCUT2D eigenvalue weighted by molar-refractivity contribution is 0.0728. The summed E-state index contributed by atoms with van der Waals surface area (Å²) in [5.41, 5.74) is 11.6. The standard InChI is InChI=1S/C31H25ClN8O/c1-38-28-10-6-18(11-20(28)15-35-38)3-4-19-5-7-21(34-14-19)17-40(22-8-9-22)31(41)23-12-24-27(13-26(23)32)37-30(33)25-16-36-39(2)29(24)25/h5-7,10-16,22H,8-9,17H2,1-2H3,(H2,33,37). The number of carbonyl (C=O) groups excluding carboxylic acids is 1. The monoisotopic (exact) mass is 560 g/mol. The van der Waals surface area contributed by atoms with Gasteiger partial charge in [0.05, 0.1) is 57.2 Å². The van der Waals surface area contributed by atoms with Gasteiger partial charge in [-0.2, -0.15) is 10.2 Å². The molecule has 10 heteroatoms. The van der Waals surface area contributed by atoms with Crippen LogP contribution in [0, 0.1) is 11.8 Å². The molecule has 1 amide bonds. The summed E-state index contributed by atoms with van der Waals surface area (Å²) in [6, 6.07) is 13.6. The van der Waals surface area contributed by atoms with Crippen LogP contribution in [-0.4, -0.2) is 46.4 Å². The molecule has 6 aromatic rings. The van der Waals surface area contributed by atoms with Crippen molar-refractivity contribution < 1.29 is 4.79 Å². The topological polar surface area (TPSA) is 108 Å². The van der Waals surface area contributed by atoms with E-state index in [-0.39, 0.29) is 11.9 Å². The fourth-order valence-corrected chi connectivity index (χ4v) is 5.44. The van der Waals surface area contributed by atoms with Gasteiger partial charge >= 0.3 is 0 Å². The zero-order valence-corrected chi connectivity index (χ0v) is 23.2. The Morgan fingerprint density at radius 2 is 1.78 bits per heavy atom. The molecule has 202 valence electrons. The van der Waals surface area contributed by atoms with E-state index in [2.05, 4.69) is 32.0 Å². The van der Waals surface area contributed by atoms with Crippen LogP contribution in [0.1, 0.15) is 40.0 Å². The van der Waals surface area contributed by atoms with Crippen LogP contribution < -0.4 is 5.73 Å². The minimum Gasteiger partial charge on any atom is -0.383 e. The molecular weight excluding hydrogens is 536 g/mol. The van der Waals surface area contributed by atoms with Gasteiger partial charge < -0.3 is 10.6 Å². The maximum Gasteiger partial charge on any atom is 0.255 e. The van der Waals surface area contributed by atoms with Crippen LogP contribution in [0.2, 0.25) is 5.02 Å². The average Bonchev–Trinajstić information content (AvgIpc) is 3.64. The number of aryl methyl sites for hydroxylation is 2. The number of halogens is 1. The number of amides is 1. The lowest BCUT2D eigenvalue weighted by Gasteiger charge is -2.23. The SMILES string of the molecule is Cn1ncc2cc(C#Cc3ccc(CN(C(=O)c4cc5c(cc4Cl)nc(N)c4cnn(C)c45)C4CC4)nc3)ccc21. The van der Waals surface area contributed by atoms with Gasteiger partial charge in [0.2, 0.25) is 0 Å². The molecule has 0 bridgehead atoms. The normalized spacial score (nSPS) is 13.0. The lowest BCUT2D eigenvalue weighted by atomic mass is 10.1. The molecule has 4 heterocycles. The number of anilines is 1. The van der Waals surface area contributed by atoms with Gasteiger partial charge in [0.1, 0.15) is 5.82 Å². The van der Waals surface area contributed by atoms with Crippen molar-refractivity contribution in [2.45, 2.75) is 25.4 Å². The summed E-state index contributed by atoms with van der Waals surface area (Å²) >= 11 is 6.64. The Labute approximate surface area is 240 Å². The molecule has 7 rings (SSSR count). The molecule has 1 aliphatic rings. The number of hydrogen-bond donors (Lipinski definition) is 1. The highest BCUT2D eigenvalue weighted by atomic mass is 35.5. The van der Waals surface area contributed by atoms with E-state index >= 15 is 0 Å². The summed E-state index contributed by atoms with van der Waals surface area (Å²) in [6.45, 7) is 0.379. The van der Waals surface area contributed by atoms with E-state index in [1.165, 1.54) is 0 Å². The van der Waals surface area contributed by atoms with E-state index < -0.39 is 0 Å². The van der Waals surface area contributed by atoms with Crippen molar-refractivity contribution in [3.63, 3.8) is 0 Å². The number of fused-ring (bicyclic) bond motifs is 4. The molecule has 9 nitrogen and oxygen atoms in total.